The second-order valence-electron chi connectivity index (χ2n) is 7.51. The number of nitrogens with zero attached hydrogens (tertiary/aromatic N) is 2. The Hall–Kier alpha value is -3.20. The van der Waals surface area contributed by atoms with Crippen LogP contribution in [0.3, 0.4) is 0 Å². The van der Waals surface area contributed by atoms with Gasteiger partial charge in [-0.3, -0.25) is 9.59 Å². The van der Waals surface area contributed by atoms with Gasteiger partial charge in [0.1, 0.15) is 4.90 Å². The van der Waals surface area contributed by atoms with E-state index in [1.54, 1.807) is 24.3 Å². The Morgan fingerprint density at radius 1 is 1.13 bits per heavy atom. The maximum absolute atomic E-state index is 12.9. The zero-order valence-electron chi connectivity index (χ0n) is 17.2. The van der Waals surface area contributed by atoms with Gasteiger partial charge in [-0.05, 0) is 50.1 Å². The zero-order chi connectivity index (χ0) is 22.2. The number of rotatable bonds is 4. The fraction of sp³-hybridized carbons (Fsp3) is 0.318. The molecule has 2 aliphatic rings. The molecule has 2 aliphatic heterocycles. The van der Waals surface area contributed by atoms with E-state index in [0.717, 1.165) is 0 Å². The highest BCUT2D eigenvalue weighted by molar-refractivity contribution is 7.90. The SMILES string of the molecule is COc1cc(C(C)=O)ccc1OC(=O)C1CCCN(C2=NS(=O)(=O)c3ccccc32)C1. The minimum absolute atomic E-state index is 0.119. The molecule has 0 amide bonds. The quantitative estimate of drug-likeness (QED) is 0.407. The van der Waals surface area contributed by atoms with Crippen molar-refractivity contribution in [1.82, 2.24) is 4.90 Å². The molecule has 1 unspecified atom stereocenters. The number of Topliss-reactive ketones (excluding diaryl/α,β-unsaturated/α-hetero) is 1. The molecule has 0 N–H and O–H groups in total. The van der Waals surface area contributed by atoms with Crippen molar-refractivity contribution in [2.24, 2.45) is 10.3 Å². The molecule has 0 bridgehead atoms. The van der Waals surface area contributed by atoms with Crippen LogP contribution in [0, 0.1) is 5.92 Å². The normalized spacial score (nSPS) is 19.4. The highest BCUT2D eigenvalue weighted by Gasteiger charge is 2.36. The number of fused-ring (bicyclic) bond motifs is 1. The Bertz CT molecular complexity index is 1190. The maximum atomic E-state index is 12.9. The molecular formula is C22H22N2O6S. The summed E-state index contributed by atoms with van der Waals surface area (Å²) in [5.74, 6) is -0.102. The average molecular weight is 442 g/mol. The van der Waals surface area contributed by atoms with E-state index < -0.39 is 21.9 Å². The Labute approximate surface area is 180 Å². The molecule has 4 rings (SSSR count). The highest BCUT2D eigenvalue weighted by Crippen LogP contribution is 2.32. The van der Waals surface area contributed by atoms with E-state index in [2.05, 4.69) is 4.40 Å². The number of methoxy groups -OCH3 is 1. The minimum Gasteiger partial charge on any atom is -0.493 e. The number of benzene rings is 2. The van der Waals surface area contributed by atoms with Gasteiger partial charge in [0.05, 0.1) is 13.0 Å². The number of hydrogen-bond donors (Lipinski definition) is 0. The number of sulfonamides is 1. The molecule has 9 heteroatoms. The predicted molar refractivity (Wildman–Crippen MR) is 113 cm³/mol. The fourth-order valence-corrected chi connectivity index (χ4v) is 5.07. The van der Waals surface area contributed by atoms with Crippen molar-refractivity contribution in [3.05, 3.63) is 53.6 Å². The molecule has 1 saturated heterocycles. The fourth-order valence-electron chi connectivity index (χ4n) is 3.84. The van der Waals surface area contributed by atoms with Gasteiger partial charge in [0.25, 0.3) is 10.0 Å². The molecule has 1 atom stereocenters. The average Bonchev–Trinajstić information content (AvgIpc) is 3.05. The van der Waals surface area contributed by atoms with Gasteiger partial charge in [-0.2, -0.15) is 8.42 Å². The molecular weight excluding hydrogens is 420 g/mol. The van der Waals surface area contributed by atoms with E-state index in [1.165, 1.54) is 32.2 Å². The topological polar surface area (TPSA) is 102 Å². The lowest BCUT2D eigenvalue weighted by Crippen LogP contribution is -2.43. The van der Waals surface area contributed by atoms with Crippen molar-refractivity contribution in [2.45, 2.75) is 24.7 Å². The van der Waals surface area contributed by atoms with E-state index >= 15 is 0 Å². The van der Waals surface area contributed by atoms with Crippen molar-refractivity contribution in [2.75, 3.05) is 20.2 Å². The molecule has 162 valence electrons. The number of esters is 1. The molecule has 2 heterocycles. The molecule has 0 aliphatic carbocycles. The second kappa shape index (κ2) is 8.14. The highest BCUT2D eigenvalue weighted by atomic mass is 32.2. The summed E-state index contributed by atoms with van der Waals surface area (Å²) < 4.78 is 39.5. The number of carbonyl (C=O) groups is 2. The van der Waals surface area contributed by atoms with Crippen LogP contribution in [-0.2, 0) is 14.8 Å². The second-order valence-corrected chi connectivity index (χ2v) is 9.09. The molecule has 8 nitrogen and oxygen atoms in total. The van der Waals surface area contributed by atoms with E-state index in [0.29, 0.717) is 48.6 Å². The van der Waals surface area contributed by atoms with Gasteiger partial charge in [-0.25, -0.2) is 0 Å². The molecule has 2 aromatic carbocycles. The predicted octanol–water partition coefficient (Wildman–Crippen LogP) is 2.66. The summed E-state index contributed by atoms with van der Waals surface area (Å²) in [4.78, 5) is 26.4. The monoisotopic (exact) mass is 442 g/mol. The maximum Gasteiger partial charge on any atom is 0.316 e. The van der Waals surface area contributed by atoms with Gasteiger partial charge in [-0.1, -0.05) is 12.1 Å². The Balaban J connectivity index is 1.52. The van der Waals surface area contributed by atoms with E-state index in [9.17, 15) is 18.0 Å². The number of likely N-dealkylation sites (tertiary alicyclic amines) is 1. The van der Waals surface area contributed by atoms with Crippen LogP contribution in [0.5, 0.6) is 11.5 Å². The molecule has 2 aromatic rings. The number of hydrogen-bond acceptors (Lipinski definition) is 7. The first-order valence-electron chi connectivity index (χ1n) is 9.90. The molecule has 0 spiro atoms. The lowest BCUT2D eigenvalue weighted by Gasteiger charge is -2.32. The number of ketones is 1. The first kappa shape index (κ1) is 21.0. The first-order valence-corrected chi connectivity index (χ1v) is 11.3. The molecule has 1 fully saturated rings. The molecule has 0 saturated carbocycles. The van der Waals surface area contributed by atoms with Gasteiger partial charge in [0.2, 0.25) is 0 Å². The summed E-state index contributed by atoms with van der Waals surface area (Å²) in [5, 5.41) is 0. The van der Waals surface area contributed by atoms with Crippen LogP contribution in [0.2, 0.25) is 0 Å². The van der Waals surface area contributed by atoms with Crippen LogP contribution < -0.4 is 9.47 Å². The third-order valence-electron chi connectivity index (χ3n) is 5.45. The smallest absolute Gasteiger partial charge is 0.316 e. The van der Waals surface area contributed by atoms with Crippen LogP contribution in [-0.4, -0.2) is 51.1 Å². The van der Waals surface area contributed by atoms with Gasteiger partial charge < -0.3 is 14.4 Å². The van der Waals surface area contributed by atoms with Crippen molar-refractivity contribution in [3.8, 4) is 11.5 Å². The summed E-state index contributed by atoms with van der Waals surface area (Å²) in [6.45, 7) is 2.35. The molecule has 0 aromatic heterocycles. The van der Waals surface area contributed by atoms with Crippen molar-refractivity contribution in [1.29, 1.82) is 0 Å². The van der Waals surface area contributed by atoms with Crippen LogP contribution in [0.4, 0.5) is 0 Å². The standard InChI is InChI=1S/C22H22N2O6S/c1-14(25)15-9-10-18(19(12-15)29-2)30-22(26)16-6-5-11-24(13-16)21-17-7-3-4-8-20(17)31(27,28)23-21/h3-4,7-10,12,16H,5-6,11,13H2,1-2H3. The number of ether oxygens (including phenoxy) is 2. The summed E-state index contributed by atoms with van der Waals surface area (Å²) in [5.41, 5.74) is 1.01. The zero-order valence-corrected chi connectivity index (χ0v) is 18.0. The van der Waals surface area contributed by atoms with E-state index in [4.69, 9.17) is 9.47 Å². The van der Waals surface area contributed by atoms with Crippen LogP contribution >= 0.6 is 0 Å². The van der Waals surface area contributed by atoms with Crippen LogP contribution in [0.15, 0.2) is 51.8 Å². The minimum atomic E-state index is -3.72. The van der Waals surface area contributed by atoms with Crippen LogP contribution in [0.1, 0.15) is 35.7 Å². The molecule has 0 radical (unpaired) electrons. The summed E-state index contributed by atoms with van der Waals surface area (Å²) in [6, 6.07) is 11.3. The van der Waals surface area contributed by atoms with Gasteiger partial charge >= 0.3 is 5.97 Å². The molecule has 31 heavy (non-hydrogen) atoms. The first-order chi connectivity index (χ1) is 14.8. The summed E-state index contributed by atoms with van der Waals surface area (Å²) >= 11 is 0. The van der Waals surface area contributed by atoms with E-state index in [1.807, 2.05) is 4.90 Å². The Kier molecular flexibility index (Phi) is 5.53. The van der Waals surface area contributed by atoms with Gasteiger partial charge in [0.15, 0.2) is 23.1 Å². The lowest BCUT2D eigenvalue weighted by molar-refractivity contribution is -0.140. The number of piperidine rings is 1. The summed E-state index contributed by atoms with van der Waals surface area (Å²) in [6.07, 6.45) is 1.31. The van der Waals surface area contributed by atoms with Crippen molar-refractivity contribution >= 4 is 27.6 Å². The Morgan fingerprint density at radius 3 is 2.65 bits per heavy atom. The lowest BCUT2D eigenvalue weighted by atomic mass is 9.97. The van der Waals surface area contributed by atoms with E-state index in [-0.39, 0.29) is 16.4 Å². The van der Waals surface area contributed by atoms with Crippen molar-refractivity contribution in [3.63, 3.8) is 0 Å². The largest absolute Gasteiger partial charge is 0.493 e. The number of amidine groups is 1. The third kappa shape index (κ3) is 4.05. The summed E-state index contributed by atoms with van der Waals surface area (Å²) in [7, 11) is -2.28. The van der Waals surface area contributed by atoms with Gasteiger partial charge in [0, 0.05) is 24.2 Å². The number of carbonyl (C=O) groups excluding carboxylic acids is 2. The third-order valence-corrected chi connectivity index (χ3v) is 6.77. The van der Waals surface area contributed by atoms with Crippen molar-refractivity contribution < 1.29 is 27.5 Å². The van der Waals surface area contributed by atoms with Crippen LogP contribution in [0.25, 0.3) is 0 Å². The Morgan fingerprint density at radius 2 is 1.90 bits per heavy atom. The van der Waals surface area contributed by atoms with Gasteiger partial charge in [-0.15, -0.1) is 4.40 Å².